The summed E-state index contributed by atoms with van der Waals surface area (Å²) in [5.74, 6) is 0.784. The van der Waals surface area contributed by atoms with Crippen molar-refractivity contribution >= 4 is 11.6 Å². The van der Waals surface area contributed by atoms with Crippen LogP contribution >= 0.6 is 0 Å². The maximum atomic E-state index is 12.8. The smallest absolute Gasteiger partial charge is 0.254 e. The monoisotopic (exact) mass is 369 g/mol. The number of nitrogens with zero attached hydrogens (tertiary/aromatic N) is 3. The lowest BCUT2D eigenvalue weighted by Crippen LogP contribution is -2.27. The minimum atomic E-state index is -0.0222. The van der Waals surface area contributed by atoms with Crippen molar-refractivity contribution in [3.05, 3.63) is 35.3 Å². The number of rotatable bonds is 3. The third-order valence-electron chi connectivity index (χ3n) is 5.90. The van der Waals surface area contributed by atoms with E-state index in [9.17, 15) is 4.79 Å². The van der Waals surface area contributed by atoms with E-state index in [0.717, 1.165) is 75.3 Å². The summed E-state index contributed by atoms with van der Waals surface area (Å²) in [6, 6.07) is 3.94. The summed E-state index contributed by atoms with van der Waals surface area (Å²) < 4.78 is 7.74. The molecule has 4 rings (SSSR count). The molecule has 2 aliphatic heterocycles. The normalized spacial score (nSPS) is 19.1. The molecule has 146 valence electrons. The molecule has 2 fully saturated rings. The molecule has 2 aromatic rings. The highest BCUT2D eigenvalue weighted by atomic mass is 16.5. The minimum absolute atomic E-state index is 0.0222. The van der Waals surface area contributed by atoms with Gasteiger partial charge in [0.2, 0.25) is 0 Å². The Balaban J connectivity index is 1.70. The van der Waals surface area contributed by atoms with Gasteiger partial charge in [0.15, 0.2) is 0 Å². The van der Waals surface area contributed by atoms with E-state index in [1.165, 1.54) is 5.69 Å². The largest absolute Gasteiger partial charge is 0.381 e. The van der Waals surface area contributed by atoms with Crippen LogP contribution in [-0.4, -0.2) is 46.5 Å². The summed E-state index contributed by atoms with van der Waals surface area (Å²) in [7, 11) is 0. The zero-order chi connectivity index (χ0) is 19.0. The van der Waals surface area contributed by atoms with Gasteiger partial charge in [-0.1, -0.05) is 20.8 Å². The molecule has 2 saturated heterocycles. The molecule has 0 atom stereocenters. The van der Waals surface area contributed by atoms with Gasteiger partial charge < -0.3 is 14.0 Å². The molecule has 1 amide bonds. The van der Waals surface area contributed by atoms with Crippen LogP contribution in [-0.2, 0) is 16.6 Å². The van der Waals surface area contributed by atoms with Crippen LogP contribution in [0.25, 0.3) is 5.65 Å². The van der Waals surface area contributed by atoms with Crippen LogP contribution in [0.15, 0.2) is 18.3 Å². The number of hydrogen-bond acceptors (Lipinski definition) is 3. The SMILES string of the molecule is CC(C)(C)c1nc2cc(C(=O)N3CCCC3)ccn2c1CC1CCOCC1. The Morgan fingerprint density at radius 2 is 1.93 bits per heavy atom. The number of amides is 1. The van der Waals surface area contributed by atoms with Gasteiger partial charge in [0.1, 0.15) is 5.65 Å². The maximum Gasteiger partial charge on any atom is 0.254 e. The lowest BCUT2D eigenvalue weighted by atomic mass is 9.86. The van der Waals surface area contributed by atoms with Crippen molar-refractivity contribution in [1.29, 1.82) is 0 Å². The Kier molecular flexibility index (Phi) is 4.97. The van der Waals surface area contributed by atoms with Gasteiger partial charge in [0.25, 0.3) is 5.91 Å². The van der Waals surface area contributed by atoms with Gasteiger partial charge in [0, 0.05) is 49.2 Å². The van der Waals surface area contributed by atoms with Gasteiger partial charge in [-0.05, 0) is 50.2 Å². The molecule has 0 aromatic carbocycles. The average Bonchev–Trinajstić information content (AvgIpc) is 3.30. The van der Waals surface area contributed by atoms with Crippen LogP contribution in [0.1, 0.15) is 68.2 Å². The summed E-state index contributed by atoms with van der Waals surface area (Å²) in [5, 5.41) is 0. The summed E-state index contributed by atoms with van der Waals surface area (Å²) in [6.07, 6.45) is 7.53. The number of likely N-dealkylation sites (tertiary alicyclic amines) is 1. The van der Waals surface area contributed by atoms with Crippen LogP contribution in [0.3, 0.4) is 0 Å². The molecule has 5 nitrogen and oxygen atoms in total. The second-order valence-electron chi connectivity index (χ2n) is 9.06. The van der Waals surface area contributed by atoms with Gasteiger partial charge in [0.05, 0.1) is 5.69 Å². The van der Waals surface area contributed by atoms with Crippen molar-refractivity contribution in [2.24, 2.45) is 5.92 Å². The number of pyridine rings is 1. The maximum absolute atomic E-state index is 12.8. The van der Waals surface area contributed by atoms with E-state index in [1.807, 2.05) is 17.0 Å². The highest BCUT2D eigenvalue weighted by Gasteiger charge is 2.27. The first-order chi connectivity index (χ1) is 12.9. The molecule has 2 aromatic heterocycles. The van der Waals surface area contributed by atoms with E-state index < -0.39 is 0 Å². The Morgan fingerprint density at radius 1 is 1.22 bits per heavy atom. The summed E-state index contributed by atoms with van der Waals surface area (Å²) in [4.78, 5) is 19.7. The van der Waals surface area contributed by atoms with Crippen molar-refractivity contribution in [1.82, 2.24) is 14.3 Å². The third-order valence-corrected chi connectivity index (χ3v) is 5.90. The molecule has 0 saturated carbocycles. The number of hydrogen-bond donors (Lipinski definition) is 0. The van der Waals surface area contributed by atoms with Crippen LogP contribution < -0.4 is 0 Å². The Morgan fingerprint density at radius 3 is 2.59 bits per heavy atom. The molecule has 0 bridgehead atoms. The number of ether oxygens (including phenoxy) is 1. The number of carbonyl (C=O) groups is 1. The second kappa shape index (κ2) is 7.27. The molecule has 0 radical (unpaired) electrons. The molecular weight excluding hydrogens is 338 g/mol. The van der Waals surface area contributed by atoms with Gasteiger partial charge in [-0.25, -0.2) is 4.98 Å². The van der Waals surface area contributed by atoms with Gasteiger partial charge in [-0.15, -0.1) is 0 Å². The fraction of sp³-hybridized carbons (Fsp3) is 0.636. The van der Waals surface area contributed by atoms with Crippen LogP contribution in [0.4, 0.5) is 0 Å². The molecular formula is C22H31N3O2. The van der Waals surface area contributed by atoms with E-state index in [-0.39, 0.29) is 11.3 Å². The fourth-order valence-corrected chi connectivity index (χ4v) is 4.35. The van der Waals surface area contributed by atoms with Crippen molar-refractivity contribution in [2.45, 2.75) is 58.3 Å². The highest BCUT2D eigenvalue weighted by Crippen LogP contribution is 2.30. The van der Waals surface area contributed by atoms with Crippen LogP contribution in [0.5, 0.6) is 0 Å². The zero-order valence-electron chi connectivity index (χ0n) is 16.8. The highest BCUT2D eigenvalue weighted by molar-refractivity contribution is 5.95. The topological polar surface area (TPSA) is 46.8 Å². The van der Waals surface area contributed by atoms with Gasteiger partial charge in [-0.3, -0.25) is 4.79 Å². The summed E-state index contributed by atoms with van der Waals surface area (Å²) >= 11 is 0. The van der Waals surface area contributed by atoms with Crippen LogP contribution in [0, 0.1) is 5.92 Å². The second-order valence-corrected chi connectivity index (χ2v) is 9.06. The van der Waals surface area contributed by atoms with E-state index in [2.05, 4.69) is 31.4 Å². The van der Waals surface area contributed by atoms with E-state index in [0.29, 0.717) is 5.92 Å². The molecule has 2 aliphatic rings. The third kappa shape index (κ3) is 3.75. The Bertz CT molecular complexity index is 822. The first-order valence-corrected chi connectivity index (χ1v) is 10.3. The Labute approximate surface area is 161 Å². The lowest BCUT2D eigenvalue weighted by Gasteiger charge is -2.24. The first-order valence-electron chi connectivity index (χ1n) is 10.3. The number of aromatic nitrogens is 2. The summed E-state index contributed by atoms with van der Waals surface area (Å²) in [6.45, 7) is 10.1. The van der Waals surface area contributed by atoms with Crippen molar-refractivity contribution in [2.75, 3.05) is 26.3 Å². The van der Waals surface area contributed by atoms with E-state index >= 15 is 0 Å². The minimum Gasteiger partial charge on any atom is -0.381 e. The Hall–Kier alpha value is -1.88. The lowest BCUT2D eigenvalue weighted by molar-refractivity contribution is 0.0661. The summed E-state index contributed by atoms with van der Waals surface area (Å²) in [5.41, 5.74) is 4.08. The predicted molar refractivity (Wildman–Crippen MR) is 106 cm³/mol. The molecule has 0 spiro atoms. The predicted octanol–water partition coefficient (Wildman–Crippen LogP) is 3.84. The van der Waals surface area contributed by atoms with Crippen LogP contribution in [0.2, 0.25) is 0 Å². The molecule has 0 unspecified atom stereocenters. The molecule has 4 heterocycles. The standard InChI is InChI=1S/C22H31N3O2/c1-22(2,3)20-18(14-16-7-12-27-13-8-16)25-11-6-17(15-19(25)23-20)21(26)24-9-4-5-10-24/h6,11,15-16H,4-5,7-10,12-14H2,1-3H3. The van der Waals surface area contributed by atoms with Gasteiger partial charge >= 0.3 is 0 Å². The van der Waals surface area contributed by atoms with E-state index in [1.54, 1.807) is 0 Å². The molecule has 0 aliphatic carbocycles. The van der Waals surface area contributed by atoms with E-state index in [4.69, 9.17) is 9.72 Å². The first kappa shape index (κ1) is 18.5. The zero-order valence-corrected chi connectivity index (χ0v) is 16.8. The number of fused-ring (bicyclic) bond motifs is 1. The number of carbonyl (C=O) groups excluding carboxylic acids is 1. The molecule has 27 heavy (non-hydrogen) atoms. The van der Waals surface area contributed by atoms with Crippen molar-refractivity contribution in [3.63, 3.8) is 0 Å². The quantitative estimate of drug-likeness (QED) is 0.826. The number of imidazole rings is 1. The fourth-order valence-electron chi connectivity index (χ4n) is 4.35. The molecule has 5 heteroatoms. The average molecular weight is 370 g/mol. The molecule has 0 N–H and O–H groups in total. The van der Waals surface area contributed by atoms with Gasteiger partial charge in [-0.2, -0.15) is 0 Å². The van der Waals surface area contributed by atoms with Crippen molar-refractivity contribution < 1.29 is 9.53 Å². The van der Waals surface area contributed by atoms with Crippen molar-refractivity contribution in [3.8, 4) is 0 Å².